The Kier molecular flexibility index (Phi) is 2.15. The molecule has 0 saturated carbocycles. The Labute approximate surface area is 75.3 Å². The van der Waals surface area contributed by atoms with E-state index in [1.807, 2.05) is 0 Å². The van der Waals surface area contributed by atoms with Crippen molar-refractivity contribution < 1.29 is 9.53 Å². The topological polar surface area (TPSA) is 43.1 Å². The Morgan fingerprint density at radius 3 is 2.58 bits per heavy atom. The van der Waals surface area contributed by atoms with Gasteiger partial charge in [-0.2, -0.15) is 4.74 Å². The molecule has 0 atom stereocenters. The fourth-order valence-corrected chi connectivity index (χ4v) is 1.12. The largest absolute Gasteiger partial charge is 0.618 e. The molecule has 4 heteroatoms. The number of hydrogen-bond acceptors (Lipinski definition) is 2. The molecule has 1 aliphatic rings. The van der Waals surface area contributed by atoms with Crippen LogP contribution in [0.1, 0.15) is 10.4 Å². The average Bonchev–Trinajstić information content (AvgIpc) is 2.30. The van der Waals surface area contributed by atoms with Crippen molar-refractivity contribution in [2.45, 2.75) is 0 Å². The highest BCUT2D eigenvalue weighted by Crippen LogP contribution is 2.21. The van der Waals surface area contributed by atoms with Gasteiger partial charge in [0.2, 0.25) is 11.9 Å². The number of fused-ring (bicyclic) bond motifs is 1. The number of hydrogen-bond donors (Lipinski definition) is 0. The third kappa shape index (κ3) is 1.08. The molecular formula is C8H6ClNO2. The van der Waals surface area contributed by atoms with Crippen LogP contribution >= 0.6 is 12.4 Å². The van der Waals surface area contributed by atoms with Crippen molar-refractivity contribution in [3.8, 4) is 0 Å². The zero-order valence-corrected chi connectivity index (χ0v) is 6.88. The van der Waals surface area contributed by atoms with Crippen LogP contribution in [0, 0.1) is 5.21 Å². The van der Waals surface area contributed by atoms with Crippen molar-refractivity contribution in [2.75, 3.05) is 0 Å². The summed E-state index contributed by atoms with van der Waals surface area (Å²) in [6.45, 7) is 0. The average molecular weight is 184 g/mol. The summed E-state index contributed by atoms with van der Waals surface area (Å²) >= 11 is 0. The molecule has 62 valence electrons. The summed E-state index contributed by atoms with van der Waals surface area (Å²) in [5.41, 5.74) is 0.931. The molecule has 0 N–H and O–H groups in total. The van der Waals surface area contributed by atoms with Gasteiger partial charge in [-0.05, 0) is 6.07 Å². The van der Waals surface area contributed by atoms with Gasteiger partial charge in [0.1, 0.15) is 5.56 Å². The van der Waals surface area contributed by atoms with E-state index >= 15 is 0 Å². The number of ketones is 1. The molecule has 0 fully saturated rings. The summed E-state index contributed by atoms with van der Waals surface area (Å²) in [5.74, 6) is -0.212. The van der Waals surface area contributed by atoms with E-state index in [2.05, 4.69) is 0 Å². The molecule has 1 aliphatic heterocycles. The Morgan fingerprint density at radius 2 is 1.92 bits per heavy atom. The Hall–Kier alpha value is -1.35. The normalized spacial score (nSPS) is 13.3. The minimum atomic E-state index is -0.212. The van der Waals surface area contributed by atoms with Gasteiger partial charge in [0.25, 0.3) is 5.78 Å². The van der Waals surface area contributed by atoms with Crippen LogP contribution < -0.4 is 0 Å². The molecule has 12 heavy (non-hydrogen) atoms. The predicted octanol–water partition coefficient (Wildman–Crippen LogP) is 1.52. The third-order valence-corrected chi connectivity index (χ3v) is 1.64. The van der Waals surface area contributed by atoms with Crippen molar-refractivity contribution in [3.05, 3.63) is 35.0 Å². The number of nitrogens with zero attached hydrogens (tertiary/aromatic N) is 1. The zero-order chi connectivity index (χ0) is 7.84. The quantitative estimate of drug-likeness (QED) is 0.452. The minimum Gasteiger partial charge on any atom is -0.618 e. The second-order valence-electron chi connectivity index (χ2n) is 2.34. The van der Waals surface area contributed by atoms with Crippen molar-refractivity contribution >= 4 is 30.1 Å². The first-order valence-corrected chi connectivity index (χ1v) is 3.23. The highest BCUT2D eigenvalue weighted by atomic mass is 35.5. The Balaban J connectivity index is 0.000000720. The van der Waals surface area contributed by atoms with Gasteiger partial charge in [-0.25, -0.2) is 0 Å². The number of para-hydroxylation sites is 1. The van der Waals surface area contributed by atoms with E-state index in [-0.39, 0.29) is 18.2 Å². The van der Waals surface area contributed by atoms with Crippen LogP contribution in [0.4, 0.5) is 5.69 Å². The maximum Gasteiger partial charge on any atom is 0.257 e. The maximum absolute atomic E-state index is 11.0. The van der Waals surface area contributed by atoms with Gasteiger partial charge in [0.05, 0.1) is 0 Å². The van der Waals surface area contributed by atoms with Crippen molar-refractivity contribution in [1.29, 1.82) is 0 Å². The van der Waals surface area contributed by atoms with Gasteiger partial charge in [0, 0.05) is 6.07 Å². The van der Waals surface area contributed by atoms with Gasteiger partial charge in [-0.3, -0.25) is 4.79 Å². The highest BCUT2D eigenvalue weighted by Gasteiger charge is 2.23. The second kappa shape index (κ2) is 2.95. The number of carbonyl (C=O) groups excluding carboxylic acids is 1. The van der Waals surface area contributed by atoms with Crippen molar-refractivity contribution in [2.24, 2.45) is 0 Å². The number of benzene rings is 1. The Morgan fingerprint density at radius 1 is 1.25 bits per heavy atom. The molecule has 1 aromatic carbocycles. The van der Waals surface area contributed by atoms with Crippen LogP contribution in [0.15, 0.2) is 24.3 Å². The summed E-state index contributed by atoms with van der Waals surface area (Å²) in [6, 6.07) is 6.75. The SMILES string of the molecule is Cl.O=C1C=[N+]([O-])c2ccccc21. The lowest BCUT2D eigenvalue weighted by atomic mass is 10.1. The summed E-state index contributed by atoms with van der Waals surface area (Å²) in [7, 11) is 0. The minimum absolute atomic E-state index is 0. The fraction of sp³-hybridized carbons (Fsp3) is 0. The first-order valence-electron chi connectivity index (χ1n) is 3.23. The standard InChI is InChI=1S/C8H5NO2.ClH/c10-8-5-9(11)7-4-2-1-3-6(7)8;/h1-5H;1H. The zero-order valence-electron chi connectivity index (χ0n) is 6.06. The highest BCUT2D eigenvalue weighted by molar-refractivity contribution is 6.37. The van der Waals surface area contributed by atoms with Gasteiger partial charge < -0.3 is 5.21 Å². The molecule has 2 rings (SSSR count). The monoisotopic (exact) mass is 183 g/mol. The van der Waals surface area contributed by atoms with E-state index < -0.39 is 0 Å². The molecular weight excluding hydrogens is 178 g/mol. The van der Waals surface area contributed by atoms with Crippen molar-refractivity contribution in [1.82, 2.24) is 0 Å². The van der Waals surface area contributed by atoms with E-state index in [1.165, 1.54) is 0 Å². The van der Waals surface area contributed by atoms with E-state index in [9.17, 15) is 10.0 Å². The lowest BCUT2D eigenvalue weighted by Gasteiger charge is -1.95. The molecule has 3 nitrogen and oxygen atoms in total. The molecule has 0 aliphatic carbocycles. The molecule has 0 amide bonds. The molecule has 1 aromatic rings. The smallest absolute Gasteiger partial charge is 0.257 e. The maximum atomic E-state index is 11.0. The lowest BCUT2D eigenvalue weighted by molar-refractivity contribution is -0.350. The van der Waals surface area contributed by atoms with Crippen LogP contribution in [0.3, 0.4) is 0 Å². The summed E-state index contributed by atoms with van der Waals surface area (Å²) < 4.78 is 0.595. The van der Waals surface area contributed by atoms with Gasteiger partial charge in [-0.1, -0.05) is 12.1 Å². The molecule has 0 aromatic heterocycles. The lowest BCUT2D eigenvalue weighted by Crippen LogP contribution is -1.94. The van der Waals surface area contributed by atoms with E-state index in [0.717, 1.165) is 6.21 Å². The van der Waals surface area contributed by atoms with Gasteiger partial charge >= 0.3 is 0 Å². The van der Waals surface area contributed by atoms with Crippen LogP contribution in [0.2, 0.25) is 0 Å². The summed E-state index contributed by atoms with van der Waals surface area (Å²) in [6.07, 6.45) is 1.05. The molecule has 0 spiro atoms. The Bertz CT molecular complexity index is 360. The van der Waals surface area contributed by atoms with E-state index in [4.69, 9.17) is 0 Å². The third-order valence-electron chi connectivity index (χ3n) is 1.64. The second-order valence-corrected chi connectivity index (χ2v) is 2.34. The number of rotatable bonds is 0. The first-order chi connectivity index (χ1) is 5.29. The summed E-state index contributed by atoms with van der Waals surface area (Å²) in [4.78, 5) is 11.0. The number of halogens is 1. The number of Topliss-reactive ketones (excluding diaryl/α,β-unsaturated/α-hetero) is 1. The van der Waals surface area contributed by atoms with Crippen LogP contribution in [-0.4, -0.2) is 16.7 Å². The fourth-order valence-electron chi connectivity index (χ4n) is 1.12. The molecule has 0 unspecified atom stereocenters. The first kappa shape index (κ1) is 8.74. The predicted molar refractivity (Wildman–Crippen MR) is 47.4 cm³/mol. The molecule has 0 saturated heterocycles. The van der Waals surface area contributed by atoms with Crippen LogP contribution in [0.25, 0.3) is 0 Å². The van der Waals surface area contributed by atoms with Crippen LogP contribution in [0.5, 0.6) is 0 Å². The molecule has 1 heterocycles. The molecule has 0 bridgehead atoms. The van der Waals surface area contributed by atoms with Gasteiger partial charge in [0.15, 0.2) is 0 Å². The van der Waals surface area contributed by atoms with Crippen molar-refractivity contribution in [3.63, 3.8) is 0 Å². The van der Waals surface area contributed by atoms with Gasteiger partial charge in [-0.15, -0.1) is 12.4 Å². The summed E-state index contributed by atoms with van der Waals surface area (Å²) in [5, 5.41) is 10.9. The van der Waals surface area contributed by atoms with E-state index in [1.54, 1.807) is 24.3 Å². The van der Waals surface area contributed by atoms with E-state index in [0.29, 0.717) is 16.0 Å². The molecule has 0 radical (unpaired) electrons. The van der Waals surface area contributed by atoms with Crippen LogP contribution in [-0.2, 0) is 0 Å². The number of carbonyl (C=O) groups is 1.